The van der Waals surface area contributed by atoms with Crippen LogP contribution in [0.3, 0.4) is 0 Å². The van der Waals surface area contributed by atoms with Gasteiger partial charge in [-0.15, -0.1) is 0 Å². The zero-order chi connectivity index (χ0) is 27.9. The number of aliphatic hydroxyl groups excluding tert-OH is 1. The Morgan fingerprint density at radius 1 is 0.763 bits per heavy atom. The van der Waals surface area contributed by atoms with E-state index in [2.05, 4.69) is 43.6 Å². The molecule has 1 aliphatic rings. The zero-order valence-electron chi connectivity index (χ0n) is 24.7. The highest BCUT2D eigenvalue weighted by atomic mass is 79.9. The minimum absolute atomic E-state index is 0.331. The van der Waals surface area contributed by atoms with Crippen molar-refractivity contribution in [2.75, 3.05) is 33.0 Å². The molecule has 1 fully saturated rings. The quantitative estimate of drug-likeness (QED) is 0.169. The van der Waals surface area contributed by atoms with Crippen LogP contribution in [0.5, 0.6) is 0 Å². The Morgan fingerprint density at radius 2 is 1.24 bits per heavy atom. The summed E-state index contributed by atoms with van der Waals surface area (Å²) in [6.45, 7) is 15.6. The van der Waals surface area contributed by atoms with Crippen molar-refractivity contribution < 1.29 is 28.8 Å². The molecule has 0 amide bonds. The van der Waals surface area contributed by atoms with Crippen LogP contribution in [-0.4, -0.2) is 68.7 Å². The highest BCUT2D eigenvalue weighted by Crippen LogP contribution is 2.38. The van der Waals surface area contributed by atoms with Crippen molar-refractivity contribution in [2.24, 2.45) is 0 Å². The number of halogens is 1. The smallest absolute Gasteiger partial charge is 0.117 e. The molecule has 0 bridgehead atoms. The Hall–Kier alpha value is -0.540. The van der Waals surface area contributed by atoms with Gasteiger partial charge in [-0.2, -0.15) is 0 Å². The number of unbranched alkanes of at least 4 members (excludes halogenated alkanes) is 4. The molecule has 220 valence electrons. The van der Waals surface area contributed by atoms with Crippen LogP contribution in [0.1, 0.15) is 102 Å². The van der Waals surface area contributed by atoms with Crippen molar-refractivity contribution in [1.29, 1.82) is 0 Å². The molecular formula is C31H53BrO6. The predicted molar refractivity (Wildman–Crippen MR) is 157 cm³/mol. The number of hydrogen-bond donors (Lipinski definition) is 1. The van der Waals surface area contributed by atoms with E-state index in [0.29, 0.717) is 33.0 Å². The highest BCUT2D eigenvalue weighted by Gasteiger charge is 2.51. The summed E-state index contributed by atoms with van der Waals surface area (Å²) < 4.78 is 33.3. The highest BCUT2D eigenvalue weighted by molar-refractivity contribution is 9.10. The van der Waals surface area contributed by atoms with Gasteiger partial charge in [0, 0.05) is 30.9 Å². The molecule has 1 aromatic carbocycles. The average molecular weight is 602 g/mol. The monoisotopic (exact) mass is 600 g/mol. The first-order valence-electron chi connectivity index (χ1n) is 14.9. The fraction of sp³-hybridized carbons (Fsp3) is 0.806. The molecule has 0 aliphatic carbocycles. The lowest BCUT2D eigenvalue weighted by Gasteiger charge is -2.48. The summed E-state index contributed by atoms with van der Waals surface area (Å²) in [5.41, 5.74) is 2.91. The maximum Gasteiger partial charge on any atom is 0.117 e. The molecule has 0 saturated carbocycles. The molecule has 6 nitrogen and oxygen atoms in total. The van der Waals surface area contributed by atoms with Gasteiger partial charge in [0.1, 0.15) is 36.6 Å². The minimum Gasteiger partial charge on any atom is -0.386 e. The first kappa shape index (κ1) is 33.7. The standard InChI is InChI=1S/C31H53BrO6/c1-7-11-15-34-21-25-28(35-16-12-8-2)30(36-17-13-9-3)31(37-18-14-10-4)29(38-25)27(33)26-22(5)19-24(32)20-23(26)6/h19-20,25,27-31,33H,7-18,21H2,1-6H3/t25?,27-,28+,29+,30?,31?/m0/s1. The van der Waals surface area contributed by atoms with Crippen molar-refractivity contribution in [3.8, 4) is 0 Å². The van der Waals surface area contributed by atoms with Crippen LogP contribution in [-0.2, 0) is 23.7 Å². The summed E-state index contributed by atoms with van der Waals surface area (Å²) >= 11 is 3.59. The lowest BCUT2D eigenvalue weighted by molar-refractivity contribution is -0.281. The van der Waals surface area contributed by atoms with Gasteiger partial charge in [-0.3, -0.25) is 0 Å². The minimum atomic E-state index is -0.873. The summed E-state index contributed by atoms with van der Waals surface area (Å²) in [7, 11) is 0. The number of aliphatic hydroxyl groups is 1. The third-order valence-corrected chi connectivity index (χ3v) is 7.64. The van der Waals surface area contributed by atoms with Crippen LogP contribution in [0.25, 0.3) is 0 Å². The van der Waals surface area contributed by atoms with E-state index in [1.165, 1.54) is 0 Å². The molecule has 6 atom stereocenters. The molecular weight excluding hydrogens is 548 g/mol. The van der Waals surface area contributed by atoms with E-state index in [0.717, 1.165) is 72.5 Å². The van der Waals surface area contributed by atoms with Gasteiger partial charge in [-0.25, -0.2) is 0 Å². The number of hydrogen-bond acceptors (Lipinski definition) is 6. The Bertz CT molecular complexity index is 752. The fourth-order valence-corrected chi connectivity index (χ4v) is 5.69. The normalized spacial score (nSPS) is 24.6. The van der Waals surface area contributed by atoms with Gasteiger partial charge < -0.3 is 28.8 Å². The van der Waals surface area contributed by atoms with Crippen molar-refractivity contribution in [2.45, 2.75) is 130 Å². The SMILES string of the molecule is CCCCOCC1O[C@H]([C@@H](O)c2c(C)cc(Br)cc2C)C(OCCCC)C(OCCCC)[C@@H]1OCCCC. The molecule has 0 spiro atoms. The van der Waals surface area contributed by atoms with Crippen molar-refractivity contribution >= 4 is 15.9 Å². The van der Waals surface area contributed by atoms with Crippen LogP contribution < -0.4 is 0 Å². The maximum atomic E-state index is 11.9. The van der Waals surface area contributed by atoms with E-state index in [4.69, 9.17) is 23.7 Å². The number of aryl methyl sites for hydroxylation is 2. The Labute approximate surface area is 240 Å². The Kier molecular flexibility index (Phi) is 16.6. The number of ether oxygens (including phenoxy) is 5. The van der Waals surface area contributed by atoms with Gasteiger partial charge in [0.25, 0.3) is 0 Å². The largest absolute Gasteiger partial charge is 0.386 e. The van der Waals surface area contributed by atoms with Crippen LogP contribution in [0.15, 0.2) is 16.6 Å². The van der Waals surface area contributed by atoms with E-state index in [1.54, 1.807) is 0 Å². The van der Waals surface area contributed by atoms with Crippen molar-refractivity contribution in [1.82, 2.24) is 0 Å². The van der Waals surface area contributed by atoms with Crippen molar-refractivity contribution in [3.63, 3.8) is 0 Å². The summed E-state index contributed by atoms with van der Waals surface area (Å²) in [5, 5.41) is 11.9. The van der Waals surface area contributed by atoms with Gasteiger partial charge in [0.15, 0.2) is 0 Å². The second kappa shape index (κ2) is 18.7. The topological polar surface area (TPSA) is 66.4 Å². The molecule has 0 aromatic heterocycles. The predicted octanol–water partition coefficient (Wildman–Crippen LogP) is 7.24. The zero-order valence-corrected chi connectivity index (χ0v) is 26.3. The van der Waals surface area contributed by atoms with Gasteiger partial charge in [-0.1, -0.05) is 69.3 Å². The Morgan fingerprint density at radius 3 is 1.76 bits per heavy atom. The van der Waals surface area contributed by atoms with Gasteiger partial charge in [0.2, 0.25) is 0 Å². The molecule has 3 unspecified atom stereocenters. The fourth-order valence-electron chi connectivity index (χ4n) is 5.00. The lowest BCUT2D eigenvalue weighted by Crippen LogP contribution is -2.62. The molecule has 1 N–H and O–H groups in total. The van der Waals surface area contributed by atoms with Gasteiger partial charge >= 0.3 is 0 Å². The summed E-state index contributed by atoms with van der Waals surface area (Å²) in [4.78, 5) is 0. The third kappa shape index (κ3) is 10.1. The van der Waals surface area contributed by atoms with E-state index >= 15 is 0 Å². The first-order chi connectivity index (χ1) is 18.4. The second-order valence-electron chi connectivity index (χ2n) is 10.5. The molecule has 7 heteroatoms. The number of benzene rings is 1. The van der Waals surface area contributed by atoms with E-state index in [1.807, 2.05) is 26.0 Å². The maximum absolute atomic E-state index is 11.9. The molecule has 1 heterocycles. The van der Waals surface area contributed by atoms with Crippen LogP contribution in [0, 0.1) is 13.8 Å². The molecule has 1 aliphatic heterocycles. The van der Waals surface area contributed by atoms with E-state index in [-0.39, 0.29) is 18.3 Å². The summed E-state index contributed by atoms with van der Waals surface area (Å²) in [5.74, 6) is 0. The Balaban J connectivity index is 2.47. The third-order valence-electron chi connectivity index (χ3n) is 7.18. The number of rotatable bonds is 19. The van der Waals surface area contributed by atoms with Crippen molar-refractivity contribution in [3.05, 3.63) is 33.3 Å². The first-order valence-corrected chi connectivity index (χ1v) is 15.7. The van der Waals surface area contributed by atoms with E-state index in [9.17, 15) is 5.11 Å². The molecule has 1 saturated heterocycles. The average Bonchev–Trinajstić information content (AvgIpc) is 2.88. The summed E-state index contributed by atoms with van der Waals surface area (Å²) in [6.07, 6.45) is 5.03. The second-order valence-corrected chi connectivity index (χ2v) is 11.4. The van der Waals surface area contributed by atoms with Crippen LogP contribution in [0.4, 0.5) is 0 Å². The lowest BCUT2D eigenvalue weighted by atomic mass is 9.86. The molecule has 2 rings (SSSR count). The molecule has 1 aromatic rings. The molecule has 0 radical (unpaired) electrons. The summed E-state index contributed by atoms with van der Waals surface area (Å²) in [6, 6.07) is 4.08. The molecule has 38 heavy (non-hydrogen) atoms. The van der Waals surface area contributed by atoms with Gasteiger partial charge in [0.05, 0.1) is 6.61 Å². The van der Waals surface area contributed by atoms with Crippen LogP contribution in [0.2, 0.25) is 0 Å². The van der Waals surface area contributed by atoms with Gasteiger partial charge in [-0.05, 0) is 68.4 Å². The van der Waals surface area contributed by atoms with E-state index < -0.39 is 18.3 Å². The van der Waals surface area contributed by atoms with Crippen LogP contribution >= 0.6 is 15.9 Å².